The molecule has 12 heteroatoms. The lowest BCUT2D eigenvalue weighted by Crippen LogP contribution is -2.05. The van der Waals surface area contributed by atoms with Gasteiger partial charge in [-0.2, -0.15) is 8.42 Å². The Morgan fingerprint density at radius 3 is 2.16 bits per heavy atom. The van der Waals surface area contributed by atoms with Gasteiger partial charge >= 0.3 is 0 Å². The summed E-state index contributed by atoms with van der Waals surface area (Å²) in [6, 6.07) is 12.6. The van der Waals surface area contributed by atoms with Gasteiger partial charge in [0.1, 0.15) is 16.2 Å². The van der Waals surface area contributed by atoms with Crippen LogP contribution in [0.2, 0.25) is 0 Å². The van der Waals surface area contributed by atoms with Gasteiger partial charge in [0.15, 0.2) is 5.78 Å². The topological polar surface area (TPSA) is 171 Å². The Morgan fingerprint density at radius 2 is 1.57 bits per heavy atom. The molecule has 0 saturated carbocycles. The van der Waals surface area contributed by atoms with Gasteiger partial charge in [0.25, 0.3) is 21.5 Å². The van der Waals surface area contributed by atoms with Gasteiger partial charge in [0, 0.05) is 47.2 Å². The van der Waals surface area contributed by atoms with Crippen LogP contribution in [0.3, 0.4) is 0 Å². The molecule has 1 N–H and O–H groups in total. The molecule has 1 heterocycles. The first kappa shape index (κ1) is 25.7. The van der Waals surface area contributed by atoms with Crippen LogP contribution in [0.1, 0.15) is 41.4 Å². The number of hydrogen-bond acceptors (Lipinski definition) is 8. The van der Waals surface area contributed by atoms with Crippen molar-refractivity contribution in [2.24, 2.45) is 0 Å². The first-order valence-corrected chi connectivity index (χ1v) is 12.6. The molecule has 11 nitrogen and oxygen atoms in total. The molecule has 4 rings (SSSR count). The maximum Gasteiger partial charge on any atom is 0.295 e. The van der Waals surface area contributed by atoms with E-state index in [9.17, 15) is 38.0 Å². The lowest BCUT2D eigenvalue weighted by atomic mass is 9.96. The van der Waals surface area contributed by atoms with Crippen LogP contribution in [0.25, 0.3) is 22.1 Å². The van der Waals surface area contributed by atoms with Gasteiger partial charge in [-0.1, -0.05) is 37.6 Å². The number of hydrogen-bond donors (Lipinski definition) is 1. The third-order valence-electron chi connectivity index (χ3n) is 5.85. The van der Waals surface area contributed by atoms with Crippen LogP contribution in [-0.4, -0.2) is 28.6 Å². The van der Waals surface area contributed by atoms with Crippen LogP contribution in [-0.2, 0) is 16.5 Å². The third kappa shape index (κ3) is 5.10. The first-order valence-electron chi connectivity index (χ1n) is 11.1. The fourth-order valence-electron chi connectivity index (χ4n) is 4.04. The number of carbonyl (C=O) groups is 1. The summed E-state index contributed by atoms with van der Waals surface area (Å²) in [4.78, 5) is 34.3. The standard InChI is InChI=1S/C25H20N2O9S/c1-2-3-4-22-24(20-14-17(26(29)30)9-11-21(20)36-22)25(28)16-7-5-15(6-8-16)19-13-18(27(31)32)10-12-23(19)37(33,34)35/h5-14H,2-4H2,1H3,(H,33,34,35). The summed E-state index contributed by atoms with van der Waals surface area (Å²) >= 11 is 0. The monoisotopic (exact) mass is 524 g/mol. The Labute approximate surface area is 210 Å². The van der Waals surface area contributed by atoms with E-state index in [0.717, 1.165) is 31.0 Å². The van der Waals surface area contributed by atoms with Crippen LogP contribution < -0.4 is 0 Å². The molecule has 1 aromatic heterocycles. The van der Waals surface area contributed by atoms with Crippen molar-refractivity contribution in [2.75, 3.05) is 0 Å². The van der Waals surface area contributed by atoms with E-state index in [1.54, 1.807) is 0 Å². The maximum atomic E-state index is 13.5. The molecule has 0 amide bonds. The van der Waals surface area contributed by atoms with Gasteiger partial charge < -0.3 is 4.42 Å². The normalized spacial score (nSPS) is 11.5. The highest BCUT2D eigenvalue weighted by Crippen LogP contribution is 2.34. The van der Waals surface area contributed by atoms with Crippen molar-refractivity contribution < 1.29 is 32.0 Å². The Bertz CT molecular complexity index is 1660. The van der Waals surface area contributed by atoms with Crippen molar-refractivity contribution in [1.29, 1.82) is 0 Å². The summed E-state index contributed by atoms with van der Waals surface area (Å²) in [7, 11) is -4.69. The van der Waals surface area contributed by atoms with Gasteiger partial charge in [-0.05, 0) is 24.1 Å². The minimum Gasteiger partial charge on any atom is -0.460 e. The number of unbranched alkanes of at least 4 members (excludes halogenated alkanes) is 1. The van der Waals surface area contributed by atoms with E-state index >= 15 is 0 Å². The summed E-state index contributed by atoms with van der Waals surface area (Å²) in [5.74, 6) is -0.0512. The number of aryl methyl sites for hydroxylation is 1. The van der Waals surface area contributed by atoms with Crippen molar-refractivity contribution in [3.8, 4) is 11.1 Å². The Kier molecular flexibility index (Phi) is 6.88. The molecule has 3 aromatic carbocycles. The van der Waals surface area contributed by atoms with E-state index in [4.69, 9.17) is 4.42 Å². The second kappa shape index (κ2) is 9.91. The van der Waals surface area contributed by atoms with Gasteiger partial charge in [-0.25, -0.2) is 0 Å². The number of non-ortho nitro benzene ring substituents is 2. The fourth-order valence-corrected chi connectivity index (χ4v) is 4.73. The highest BCUT2D eigenvalue weighted by Gasteiger charge is 2.25. The molecule has 0 radical (unpaired) electrons. The average Bonchev–Trinajstić information content (AvgIpc) is 3.23. The smallest absolute Gasteiger partial charge is 0.295 e. The number of nitrogens with zero attached hydrogens (tertiary/aromatic N) is 2. The molecule has 0 fully saturated rings. The number of carbonyl (C=O) groups excluding carboxylic acids is 1. The van der Waals surface area contributed by atoms with E-state index in [-0.39, 0.29) is 33.6 Å². The van der Waals surface area contributed by atoms with E-state index in [0.29, 0.717) is 23.2 Å². The lowest BCUT2D eigenvalue weighted by molar-refractivity contribution is -0.385. The van der Waals surface area contributed by atoms with Crippen molar-refractivity contribution >= 4 is 38.2 Å². The zero-order chi connectivity index (χ0) is 26.9. The van der Waals surface area contributed by atoms with Crippen molar-refractivity contribution in [1.82, 2.24) is 0 Å². The predicted molar refractivity (Wildman–Crippen MR) is 133 cm³/mol. The van der Waals surface area contributed by atoms with Gasteiger partial charge in [0.2, 0.25) is 0 Å². The molecule has 0 aliphatic heterocycles. The van der Waals surface area contributed by atoms with E-state index in [1.807, 2.05) is 6.92 Å². The van der Waals surface area contributed by atoms with Gasteiger partial charge in [-0.15, -0.1) is 0 Å². The molecule has 0 spiro atoms. The number of benzene rings is 3. The molecule has 0 atom stereocenters. The molecule has 0 aliphatic carbocycles. The zero-order valence-corrected chi connectivity index (χ0v) is 20.2. The average molecular weight is 525 g/mol. The molecular formula is C25H20N2O9S. The lowest BCUT2D eigenvalue weighted by Gasteiger charge is -2.09. The Balaban J connectivity index is 1.81. The third-order valence-corrected chi connectivity index (χ3v) is 6.76. The summed E-state index contributed by atoms with van der Waals surface area (Å²) < 4.78 is 39.1. The fraction of sp³-hybridized carbons (Fsp3) is 0.160. The van der Waals surface area contributed by atoms with Gasteiger partial charge in [-0.3, -0.25) is 29.6 Å². The number of furan rings is 1. The van der Waals surface area contributed by atoms with Crippen LogP contribution in [0.5, 0.6) is 0 Å². The number of rotatable bonds is 9. The molecule has 0 bridgehead atoms. The Morgan fingerprint density at radius 1 is 0.946 bits per heavy atom. The molecular weight excluding hydrogens is 504 g/mol. The molecule has 0 aliphatic rings. The quantitative estimate of drug-likeness (QED) is 0.124. The highest BCUT2D eigenvalue weighted by molar-refractivity contribution is 7.86. The zero-order valence-electron chi connectivity index (χ0n) is 19.4. The SMILES string of the molecule is CCCCc1oc2ccc([N+](=O)[O-])cc2c1C(=O)c1ccc(-c2cc([N+](=O)[O-])ccc2S(=O)(=O)O)cc1. The van der Waals surface area contributed by atoms with Crippen LogP contribution in [0.4, 0.5) is 11.4 Å². The predicted octanol–water partition coefficient (Wildman–Crippen LogP) is 5.74. The summed E-state index contributed by atoms with van der Waals surface area (Å²) in [6.07, 6.45) is 2.01. The van der Waals surface area contributed by atoms with Crippen LogP contribution in [0.15, 0.2) is 70.0 Å². The van der Waals surface area contributed by atoms with Crippen molar-refractivity contribution in [3.63, 3.8) is 0 Å². The largest absolute Gasteiger partial charge is 0.460 e. The number of fused-ring (bicyclic) bond motifs is 1. The molecule has 190 valence electrons. The minimum atomic E-state index is -4.69. The second-order valence-corrected chi connectivity index (χ2v) is 9.65. The first-order chi connectivity index (χ1) is 17.5. The van der Waals surface area contributed by atoms with Crippen molar-refractivity contribution in [3.05, 3.63) is 97.8 Å². The summed E-state index contributed by atoms with van der Waals surface area (Å²) in [5, 5.41) is 22.8. The number of ketones is 1. The molecule has 4 aromatic rings. The Hall–Kier alpha value is -4.42. The summed E-state index contributed by atoms with van der Waals surface area (Å²) in [5.41, 5.74) is 0.266. The number of nitro groups is 2. The maximum absolute atomic E-state index is 13.5. The van der Waals surface area contributed by atoms with E-state index in [1.165, 1.54) is 42.5 Å². The summed E-state index contributed by atoms with van der Waals surface area (Å²) in [6.45, 7) is 1.97. The molecule has 0 unspecified atom stereocenters. The molecule has 37 heavy (non-hydrogen) atoms. The van der Waals surface area contributed by atoms with E-state index < -0.39 is 30.6 Å². The van der Waals surface area contributed by atoms with Crippen LogP contribution in [0, 0.1) is 20.2 Å². The second-order valence-electron chi connectivity index (χ2n) is 8.26. The van der Waals surface area contributed by atoms with Crippen LogP contribution >= 0.6 is 0 Å². The minimum absolute atomic E-state index is 0.108. The molecule has 0 saturated heterocycles. The van der Waals surface area contributed by atoms with Gasteiger partial charge in [0.05, 0.1) is 15.4 Å². The highest BCUT2D eigenvalue weighted by atomic mass is 32.2. The van der Waals surface area contributed by atoms with E-state index in [2.05, 4.69) is 0 Å². The number of nitro benzene ring substituents is 2. The van der Waals surface area contributed by atoms with Crippen molar-refractivity contribution in [2.45, 2.75) is 31.1 Å².